The Labute approximate surface area is 111 Å². The molecule has 0 saturated heterocycles. The van der Waals surface area contributed by atoms with Crippen molar-refractivity contribution in [1.29, 1.82) is 0 Å². The number of carbonyl (C=O) groups is 1. The number of aliphatic carboxylic acids is 1. The number of halogens is 3. The zero-order valence-electron chi connectivity index (χ0n) is 10.0. The monoisotopic (exact) mass is 282 g/mol. The molecule has 1 N–H and O–H groups in total. The van der Waals surface area contributed by atoms with E-state index >= 15 is 0 Å². The van der Waals surface area contributed by atoms with E-state index in [1.807, 2.05) is 0 Å². The van der Waals surface area contributed by atoms with Gasteiger partial charge in [0.15, 0.2) is 0 Å². The van der Waals surface area contributed by atoms with Gasteiger partial charge in [-0.15, -0.1) is 0 Å². The maximum atomic E-state index is 12.8. The Hall–Kier alpha value is -2.57. The Bertz CT molecular complexity index is 645. The molecule has 0 spiro atoms. The summed E-state index contributed by atoms with van der Waals surface area (Å²) in [6.07, 6.45) is -2.51. The van der Waals surface area contributed by atoms with Gasteiger partial charge in [-0.2, -0.15) is 18.3 Å². The number of rotatable bonds is 3. The Morgan fingerprint density at radius 3 is 2.45 bits per heavy atom. The average molecular weight is 282 g/mol. The number of allylic oxidation sites excluding steroid dienone is 1. The SMILES string of the molecule is O=C(O)C=C(c1cnn(-c2ccccc2)c1)C(F)(F)F. The van der Waals surface area contributed by atoms with E-state index in [2.05, 4.69) is 5.10 Å². The molecule has 0 saturated carbocycles. The molecule has 0 aliphatic rings. The molecule has 0 aliphatic heterocycles. The second-order valence-electron chi connectivity index (χ2n) is 3.90. The van der Waals surface area contributed by atoms with Gasteiger partial charge in [0, 0.05) is 17.8 Å². The first-order valence-corrected chi connectivity index (χ1v) is 5.50. The number of hydrogen-bond donors (Lipinski definition) is 1. The van der Waals surface area contributed by atoms with Crippen LogP contribution >= 0.6 is 0 Å². The first kappa shape index (κ1) is 13.9. The summed E-state index contributed by atoms with van der Waals surface area (Å²) in [4.78, 5) is 10.5. The van der Waals surface area contributed by atoms with E-state index in [9.17, 15) is 18.0 Å². The maximum absolute atomic E-state index is 12.8. The lowest BCUT2D eigenvalue weighted by Crippen LogP contribution is -2.12. The van der Waals surface area contributed by atoms with Crippen molar-refractivity contribution in [3.63, 3.8) is 0 Å². The third kappa shape index (κ3) is 3.05. The molecule has 0 amide bonds. The predicted octanol–water partition coefficient (Wildman–Crippen LogP) is 2.90. The van der Waals surface area contributed by atoms with Gasteiger partial charge in [0.05, 0.1) is 17.5 Å². The lowest BCUT2D eigenvalue weighted by atomic mass is 10.1. The smallest absolute Gasteiger partial charge is 0.417 e. The van der Waals surface area contributed by atoms with Crippen LogP contribution in [0.3, 0.4) is 0 Å². The van der Waals surface area contributed by atoms with Crippen molar-refractivity contribution in [2.24, 2.45) is 0 Å². The summed E-state index contributed by atoms with van der Waals surface area (Å²) in [5, 5.41) is 12.3. The van der Waals surface area contributed by atoms with Gasteiger partial charge in [0.1, 0.15) is 0 Å². The van der Waals surface area contributed by atoms with Crippen LogP contribution in [0, 0.1) is 0 Å². The van der Waals surface area contributed by atoms with Crippen molar-refractivity contribution >= 4 is 11.5 Å². The van der Waals surface area contributed by atoms with Gasteiger partial charge in [0.2, 0.25) is 0 Å². The van der Waals surface area contributed by atoms with Gasteiger partial charge in [-0.05, 0) is 12.1 Å². The summed E-state index contributed by atoms with van der Waals surface area (Å²) in [6, 6.07) is 8.54. The van der Waals surface area contributed by atoms with Crippen molar-refractivity contribution in [3.8, 4) is 5.69 Å². The third-order valence-electron chi connectivity index (χ3n) is 2.49. The van der Waals surface area contributed by atoms with E-state index in [1.54, 1.807) is 30.3 Å². The van der Waals surface area contributed by atoms with Crippen molar-refractivity contribution < 1.29 is 23.1 Å². The Kier molecular flexibility index (Phi) is 3.60. The van der Waals surface area contributed by atoms with Crippen LogP contribution in [0.1, 0.15) is 5.56 Å². The normalized spacial score (nSPS) is 12.4. The highest BCUT2D eigenvalue weighted by molar-refractivity contribution is 5.91. The Morgan fingerprint density at radius 1 is 1.25 bits per heavy atom. The van der Waals surface area contributed by atoms with E-state index in [4.69, 9.17) is 5.11 Å². The molecule has 20 heavy (non-hydrogen) atoms. The number of hydrogen-bond acceptors (Lipinski definition) is 2. The molecule has 0 bridgehead atoms. The summed E-state index contributed by atoms with van der Waals surface area (Å²) in [5.74, 6) is -1.66. The second kappa shape index (κ2) is 5.20. The molecule has 1 aromatic heterocycles. The molecule has 0 aliphatic carbocycles. The quantitative estimate of drug-likeness (QED) is 0.881. The van der Waals surface area contributed by atoms with Gasteiger partial charge in [-0.1, -0.05) is 18.2 Å². The third-order valence-corrected chi connectivity index (χ3v) is 2.49. The number of alkyl halides is 3. The van der Waals surface area contributed by atoms with Crippen molar-refractivity contribution in [1.82, 2.24) is 9.78 Å². The topological polar surface area (TPSA) is 55.1 Å². The summed E-state index contributed by atoms with van der Waals surface area (Å²) in [7, 11) is 0. The first-order valence-electron chi connectivity index (χ1n) is 5.50. The fraction of sp³-hybridized carbons (Fsp3) is 0.0769. The standard InChI is InChI=1S/C13H9F3N2O2/c14-13(15,16)11(6-12(19)20)9-7-17-18(8-9)10-4-2-1-3-5-10/h1-8H,(H,19,20). The highest BCUT2D eigenvalue weighted by Crippen LogP contribution is 2.33. The van der Waals surface area contributed by atoms with Crippen LogP contribution < -0.4 is 0 Å². The molecule has 2 rings (SSSR count). The van der Waals surface area contributed by atoms with Crippen LogP contribution in [-0.4, -0.2) is 27.0 Å². The van der Waals surface area contributed by atoms with Crippen LogP contribution in [0.2, 0.25) is 0 Å². The number of carboxylic acid groups (broad SMARTS) is 1. The second-order valence-corrected chi connectivity index (χ2v) is 3.90. The average Bonchev–Trinajstić information content (AvgIpc) is 2.84. The molecular formula is C13H9F3N2O2. The van der Waals surface area contributed by atoms with E-state index in [0.717, 1.165) is 12.4 Å². The highest BCUT2D eigenvalue weighted by Gasteiger charge is 2.36. The zero-order chi connectivity index (χ0) is 14.8. The number of nitrogens with zero attached hydrogens (tertiary/aromatic N) is 2. The number of benzene rings is 1. The van der Waals surface area contributed by atoms with Gasteiger partial charge < -0.3 is 5.11 Å². The molecule has 104 valence electrons. The molecule has 7 heteroatoms. The van der Waals surface area contributed by atoms with Crippen molar-refractivity contribution in [2.75, 3.05) is 0 Å². The lowest BCUT2D eigenvalue weighted by molar-refractivity contribution is -0.131. The van der Waals surface area contributed by atoms with Crippen LogP contribution in [0.5, 0.6) is 0 Å². The van der Waals surface area contributed by atoms with Crippen LogP contribution in [0.4, 0.5) is 13.2 Å². The van der Waals surface area contributed by atoms with Gasteiger partial charge >= 0.3 is 12.1 Å². The zero-order valence-corrected chi connectivity index (χ0v) is 10.0. The minimum Gasteiger partial charge on any atom is -0.478 e. The molecule has 0 radical (unpaired) electrons. The lowest BCUT2D eigenvalue weighted by Gasteiger charge is -2.08. The summed E-state index contributed by atoms with van der Waals surface area (Å²) in [6.45, 7) is 0. The molecule has 1 aromatic carbocycles. The summed E-state index contributed by atoms with van der Waals surface area (Å²) < 4.78 is 39.7. The number of para-hydroxylation sites is 1. The summed E-state index contributed by atoms with van der Waals surface area (Å²) in [5.41, 5.74) is -0.966. The number of aromatic nitrogens is 2. The fourth-order valence-corrected chi connectivity index (χ4v) is 1.64. The van der Waals surface area contributed by atoms with Crippen LogP contribution in [0.25, 0.3) is 11.3 Å². The van der Waals surface area contributed by atoms with Gasteiger partial charge in [0.25, 0.3) is 0 Å². The molecule has 0 fully saturated rings. The highest BCUT2D eigenvalue weighted by atomic mass is 19.4. The minimum atomic E-state index is -4.76. The molecule has 2 aromatic rings. The van der Waals surface area contributed by atoms with E-state index in [1.165, 1.54) is 4.68 Å². The maximum Gasteiger partial charge on any atom is 0.417 e. The largest absolute Gasteiger partial charge is 0.478 e. The molecule has 0 unspecified atom stereocenters. The molecule has 0 atom stereocenters. The fourth-order valence-electron chi connectivity index (χ4n) is 1.64. The minimum absolute atomic E-state index is 0.131. The van der Waals surface area contributed by atoms with Crippen molar-refractivity contribution in [3.05, 3.63) is 54.4 Å². The summed E-state index contributed by atoms with van der Waals surface area (Å²) >= 11 is 0. The van der Waals surface area contributed by atoms with Gasteiger partial charge in [-0.3, -0.25) is 0 Å². The van der Waals surface area contributed by atoms with Gasteiger partial charge in [-0.25, -0.2) is 9.48 Å². The number of carboxylic acids is 1. The van der Waals surface area contributed by atoms with Crippen LogP contribution in [-0.2, 0) is 4.79 Å². The molecule has 1 heterocycles. The predicted molar refractivity (Wildman–Crippen MR) is 65.2 cm³/mol. The van der Waals surface area contributed by atoms with Crippen molar-refractivity contribution in [2.45, 2.75) is 6.18 Å². The Morgan fingerprint density at radius 2 is 1.90 bits per heavy atom. The van der Waals surface area contributed by atoms with E-state index in [-0.39, 0.29) is 11.6 Å². The first-order chi connectivity index (χ1) is 9.38. The molecular weight excluding hydrogens is 273 g/mol. The van der Waals surface area contributed by atoms with E-state index in [0.29, 0.717) is 5.69 Å². The Balaban J connectivity index is 2.43. The van der Waals surface area contributed by atoms with E-state index < -0.39 is 17.7 Å². The molecule has 4 nitrogen and oxygen atoms in total. The van der Waals surface area contributed by atoms with Crippen LogP contribution in [0.15, 0.2) is 48.8 Å².